The van der Waals surface area contributed by atoms with Gasteiger partial charge < -0.3 is 8.57 Å². The summed E-state index contributed by atoms with van der Waals surface area (Å²) in [5.74, 6) is 0.158. The van der Waals surface area contributed by atoms with Gasteiger partial charge in [0, 0.05) is 6.42 Å². The van der Waals surface area contributed by atoms with Crippen molar-refractivity contribution in [2.75, 3.05) is 0 Å². The van der Waals surface area contributed by atoms with Crippen LogP contribution in [0.25, 0.3) is 10.8 Å². The van der Waals surface area contributed by atoms with Gasteiger partial charge in [-0.3, -0.25) is 4.79 Å². The summed E-state index contributed by atoms with van der Waals surface area (Å²) in [6.07, 6.45) is 1.13. The van der Waals surface area contributed by atoms with Crippen molar-refractivity contribution in [2.24, 2.45) is 10.3 Å². The van der Waals surface area contributed by atoms with Gasteiger partial charge in [-0.05, 0) is 23.1 Å². The molecule has 2 aromatic carbocycles. The zero-order valence-electron chi connectivity index (χ0n) is 11.7. The summed E-state index contributed by atoms with van der Waals surface area (Å²) < 4.78 is 16.0. The number of benzene rings is 2. The van der Waals surface area contributed by atoms with Crippen LogP contribution in [0, 0.1) is 5.92 Å². The SMILES string of the molecule is CC(C)CCC(=O)N=[S-](=O)c1cccc2ccccc12. The van der Waals surface area contributed by atoms with E-state index >= 15 is 0 Å². The molecule has 1 amide bonds. The first-order valence-electron chi connectivity index (χ1n) is 6.72. The van der Waals surface area contributed by atoms with E-state index in [4.69, 9.17) is 0 Å². The Morgan fingerprint density at radius 1 is 1.15 bits per heavy atom. The Kier molecular flexibility index (Phi) is 4.90. The topological polar surface area (TPSA) is 46.5 Å². The van der Waals surface area contributed by atoms with Gasteiger partial charge in [-0.2, -0.15) is 10.6 Å². The first kappa shape index (κ1) is 14.7. The van der Waals surface area contributed by atoms with Crippen LogP contribution in [0.2, 0.25) is 0 Å². The second kappa shape index (κ2) is 6.66. The molecule has 0 aliphatic heterocycles. The molecule has 0 N–H and O–H groups in total. The summed E-state index contributed by atoms with van der Waals surface area (Å²) in [6, 6.07) is 13.2. The Morgan fingerprint density at radius 2 is 1.85 bits per heavy atom. The molecule has 0 saturated carbocycles. The molecule has 0 fully saturated rings. The molecule has 2 rings (SSSR count). The molecule has 106 valence electrons. The number of nitrogens with zero attached hydrogens (tertiary/aromatic N) is 1. The maximum atomic E-state index is 12.2. The monoisotopic (exact) mass is 288 g/mol. The minimum absolute atomic E-state index is 0.287. The fraction of sp³-hybridized carbons (Fsp3) is 0.312. The molecule has 0 unspecified atom stereocenters. The van der Waals surface area contributed by atoms with Crippen LogP contribution in [0.4, 0.5) is 0 Å². The normalized spacial score (nSPS) is 12.9. The summed E-state index contributed by atoms with van der Waals surface area (Å²) in [6.45, 7) is 4.10. The Labute approximate surface area is 121 Å². The molecule has 20 heavy (non-hydrogen) atoms. The average Bonchev–Trinajstić information content (AvgIpc) is 2.44. The molecular weight excluding hydrogens is 270 g/mol. The number of fused-ring (bicyclic) bond motifs is 1. The second-order valence-electron chi connectivity index (χ2n) is 5.14. The van der Waals surface area contributed by atoms with Crippen molar-refractivity contribution in [1.29, 1.82) is 0 Å². The van der Waals surface area contributed by atoms with E-state index < -0.39 is 10.6 Å². The van der Waals surface area contributed by atoms with Gasteiger partial charge in [-0.25, -0.2) is 0 Å². The van der Waals surface area contributed by atoms with Gasteiger partial charge in [0.25, 0.3) is 0 Å². The maximum absolute atomic E-state index is 12.2. The molecule has 0 saturated heterocycles. The molecule has 0 bridgehead atoms. The van der Waals surface area contributed by atoms with E-state index in [0.29, 0.717) is 17.2 Å². The molecule has 3 nitrogen and oxygen atoms in total. The highest BCUT2D eigenvalue weighted by atomic mass is 32.2. The van der Waals surface area contributed by atoms with Crippen LogP contribution in [0.15, 0.2) is 51.7 Å². The minimum Gasteiger partial charge on any atom is -0.440 e. The van der Waals surface area contributed by atoms with Gasteiger partial charge in [-0.15, -0.1) is 0 Å². The Balaban J connectivity index is 2.29. The molecule has 0 heterocycles. The van der Waals surface area contributed by atoms with Crippen molar-refractivity contribution in [1.82, 2.24) is 0 Å². The van der Waals surface area contributed by atoms with Crippen molar-refractivity contribution >= 4 is 27.3 Å². The van der Waals surface area contributed by atoms with Gasteiger partial charge in [0.05, 0.1) is 0 Å². The van der Waals surface area contributed by atoms with Crippen molar-refractivity contribution < 1.29 is 9.00 Å². The number of amides is 1. The van der Waals surface area contributed by atoms with Gasteiger partial charge in [0.1, 0.15) is 0 Å². The van der Waals surface area contributed by atoms with Crippen LogP contribution in [0.5, 0.6) is 0 Å². The lowest BCUT2D eigenvalue weighted by atomic mass is 10.1. The quantitative estimate of drug-likeness (QED) is 0.787. The smallest absolute Gasteiger partial charge is 0.222 e. The molecule has 0 aliphatic carbocycles. The van der Waals surface area contributed by atoms with E-state index in [1.807, 2.05) is 36.4 Å². The summed E-state index contributed by atoms with van der Waals surface area (Å²) in [4.78, 5) is 12.3. The molecule has 0 aliphatic rings. The van der Waals surface area contributed by atoms with Crippen molar-refractivity contribution in [3.05, 3.63) is 42.5 Å². The molecule has 4 heteroatoms. The van der Waals surface area contributed by atoms with E-state index in [1.165, 1.54) is 0 Å². The van der Waals surface area contributed by atoms with Crippen LogP contribution in [-0.4, -0.2) is 5.91 Å². The highest BCUT2D eigenvalue weighted by Crippen LogP contribution is 2.20. The third kappa shape index (κ3) is 3.67. The summed E-state index contributed by atoms with van der Waals surface area (Å²) in [5.41, 5.74) is 0. The third-order valence-electron chi connectivity index (χ3n) is 3.06. The average molecular weight is 288 g/mol. The zero-order chi connectivity index (χ0) is 14.5. The van der Waals surface area contributed by atoms with Gasteiger partial charge in [-0.1, -0.05) is 61.2 Å². The van der Waals surface area contributed by atoms with Gasteiger partial charge >= 0.3 is 0 Å². The van der Waals surface area contributed by atoms with E-state index in [1.54, 1.807) is 6.07 Å². The largest absolute Gasteiger partial charge is 0.440 e. The van der Waals surface area contributed by atoms with Crippen LogP contribution >= 0.6 is 0 Å². The van der Waals surface area contributed by atoms with Crippen LogP contribution < -0.4 is 0 Å². The van der Waals surface area contributed by atoms with E-state index in [-0.39, 0.29) is 5.91 Å². The Hall–Kier alpha value is -1.68. The number of carbonyl (C=O) groups is 1. The lowest BCUT2D eigenvalue weighted by Gasteiger charge is -2.10. The molecule has 0 radical (unpaired) electrons. The number of rotatable bonds is 4. The maximum Gasteiger partial charge on any atom is 0.222 e. The van der Waals surface area contributed by atoms with E-state index in [9.17, 15) is 9.00 Å². The standard InChI is InChI=1S/C16H18NO2S/c1-12(2)10-11-16(18)17-20(19)15-9-5-7-13-6-3-4-8-14(13)15/h3-9,12H,10-11H2,1-2H3/q-1. The molecule has 0 spiro atoms. The summed E-state index contributed by atoms with van der Waals surface area (Å²) in [5, 5.41) is 1.89. The van der Waals surface area contributed by atoms with E-state index in [0.717, 1.165) is 17.2 Å². The predicted molar refractivity (Wildman–Crippen MR) is 81.8 cm³/mol. The lowest BCUT2D eigenvalue weighted by Crippen LogP contribution is -1.97. The van der Waals surface area contributed by atoms with Crippen LogP contribution in [0.3, 0.4) is 0 Å². The van der Waals surface area contributed by atoms with Crippen molar-refractivity contribution in [2.45, 2.75) is 31.6 Å². The van der Waals surface area contributed by atoms with Crippen LogP contribution in [0.1, 0.15) is 26.7 Å². The van der Waals surface area contributed by atoms with Crippen LogP contribution in [-0.2, 0) is 19.6 Å². The predicted octanol–water partition coefficient (Wildman–Crippen LogP) is 4.31. The molecule has 0 atom stereocenters. The summed E-state index contributed by atoms with van der Waals surface area (Å²) >= 11 is 0. The van der Waals surface area contributed by atoms with Crippen molar-refractivity contribution in [3.63, 3.8) is 0 Å². The molecule has 0 aromatic heterocycles. The minimum atomic E-state index is -1.63. The lowest BCUT2D eigenvalue weighted by molar-refractivity contribution is -0.117. The third-order valence-corrected chi connectivity index (χ3v) is 4.16. The zero-order valence-corrected chi connectivity index (χ0v) is 12.5. The highest BCUT2D eigenvalue weighted by Gasteiger charge is 2.00. The van der Waals surface area contributed by atoms with E-state index in [2.05, 4.69) is 18.2 Å². The number of hydrogen-bond acceptors (Lipinski definition) is 3. The first-order chi connectivity index (χ1) is 9.58. The Morgan fingerprint density at radius 3 is 2.60 bits per heavy atom. The van der Waals surface area contributed by atoms with Crippen molar-refractivity contribution in [3.8, 4) is 0 Å². The molecule has 2 aromatic rings. The highest BCUT2D eigenvalue weighted by molar-refractivity contribution is 7.75. The fourth-order valence-electron chi connectivity index (χ4n) is 1.95. The fourth-order valence-corrected chi connectivity index (χ4v) is 2.89. The Bertz CT molecular complexity index is 695. The summed E-state index contributed by atoms with van der Waals surface area (Å²) in [7, 11) is -1.63. The second-order valence-corrected chi connectivity index (χ2v) is 6.26. The first-order valence-corrected chi connectivity index (χ1v) is 7.83. The number of carbonyl (C=O) groups excluding carboxylic acids is 1. The number of hydrogen-bond donors (Lipinski definition) is 0. The molecular formula is C16H18NO2S-. The van der Waals surface area contributed by atoms with Gasteiger partial charge in [0.2, 0.25) is 5.91 Å². The van der Waals surface area contributed by atoms with Gasteiger partial charge in [0.15, 0.2) is 0 Å².